The maximum absolute atomic E-state index is 12.2. The monoisotopic (exact) mass is 354 g/mol. The topological polar surface area (TPSA) is 97.0 Å². The summed E-state index contributed by atoms with van der Waals surface area (Å²) in [5.41, 5.74) is 0. The number of halogens is 2. The first-order valence-corrected chi connectivity index (χ1v) is 8.11. The molecule has 0 spiro atoms. The van der Waals surface area contributed by atoms with Crippen LogP contribution < -0.4 is 20.1 Å². The molecule has 1 saturated heterocycles. The van der Waals surface area contributed by atoms with E-state index in [0.717, 1.165) is 25.8 Å². The smallest absolute Gasteiger partial charge is 0.388 e. The Labute approximate surface area is 143 Å². The number of piperidine rings is 1. The number of rotatable bonds is 7. The van der Waals surface area contributed by atoms with E-state index in [4.69, 9.17) is 4.74 Å². The predicted octanol–water partition coefficient (Wildman–Crippen LogP) is 2.45. The zero-order valence-electron chi connectivity index (χ0n) is 13.7. The van der Waals surface area contributed by atoms with E-state index in [1.807, 2.05) is 0 Å². The normalized spacial score (nSPS) is 20.5. The van der Waals surface area contributed by atoms with E-state index in [-0.39, 0.29) is 17.8 Å². The SMILES string of the molecule is CC[C@H]1C[C@H](Oc2cncc(Nc3cc(OC(F)F)[nH]n3)n2)CCN1. The summed E-state index contributed by atoms with van der Waals surface area (Å²) in [5, 5.41) is 12.5. The van der Waals surface area contributed by atoms with Crippen molar-refractivity contribution in [1.82, 2.24) is 25.5 Å². The van der Waals surface area contributed by atoms with Crippen LogP contribution in [-0.4, -0.2) is 45.5 Å². The van der Waals surface area contributed by atoms with E-state index in [9.17, 15) is 8.78 Å². The minimum Gasteiger partial charge on any atom is -0.473 e. The summed E-state index contributed by atoms with van der Waals surface area (Å²) in [5.74, 6) is 0.952. The van der Waals surface area contributed by atoms with Crippen LogP contribution in [0.1, 0.15) is 26.2 Å². The summed E-state index contributed by atoms with van der Waals surface area (Å²) in [6.07, 6.45) is 6.01. The highest BCUT2D eigenvalue weighted by Gasteiger charge is 2.22. The Bertz CT molecular complexity index is 684. The van der Waals surface area contributed by atoms with E-state index in [1.54, 1.807) is 6.20 Å². The molecular weight excluding hydrogens is 334 g/mol. The molecule has 1 aliphatic heterocycles. The predicted molar refractivity (Wildman–Crippen MR) is 86.3 cm³/mol. The summed E-state index contributed by atoms with van der Waals surface area (Å²) in [6.45, 7) is 0.136. The number of hydrogen-bond acceptors (Lipinski definition) is 7. The Morgan fingerprint density at radius 2 is 2.24 bits per heavy atom. The number of H-pyrrole nitrogens is 1. The average Bonchev–Trinajstić information content (AvgIpc) is 3.01. The molecule has 2 aromatic heterocycles. The molecule has 10 heteroatoms. The van der Waals surface area contributed by atoms with Gasteiger partial charge in [0.05, 0.1) is 12.4 Å². The summed E-state index contributed by atoms with van der Waals surface area (Å²) >= 11 is 0. The first-order valence-electron chi connectivity index (χ1n) is 8.11. The van der Waals surface area contributed by atoms with E-state index in [0.29, 0.717) is 17.7 Å². The lowest BCUT2D eigenvalue weighted by Gasteiger charge is -2.29. The molecule has 3 N–H and O–H groups in total. The van der Waals surface area contributed by atoms with Crippen LogP contribution in [0.2, 0.25) is 0 Å². The third-order valence-corrected chi connectivity index (χ3v) is 3.87. The number of anilines is 2. The zero-order chi connectivity index (χ0) is 17.6. The second kappa shape index (κ2) is 8.06. The third kappa shape index (κ3) is 4.99. The Kier molecular flexibility index (Phi) is 5.59. The summed E-state index contributed by atoms with van der Waals surface area (Å²) in [6, 6.07) is 1.75. The van der Waals surface area contributed by atoms with Crippen molar-refractivity contribution in [2.45, 2.75) is 44.9 Å². The van der Waals surface area contributed by atoms with Crippen molar-refractivity contribution in [3.05, 3.63) is 18.5 Å². The zero-order valence-corrected chi connectivity index (χ0v) is 13.7. The molecule has 2 aromatic rings. The van der Waals surface area contributed by atoms with Crippen LogP contribution in [0, 0.1) is 0 Å². The van der Waals surface area contributed by atoms with Crippen molar-refractivity contribution in [2.24, 2.45) is 0 Å². The minimum absolute atomic E-state index is 0.0900. The van der Waals surface area contributed by atoms with Gasteiger partial charge in [-0.05, 0) is 25.8 Å². The van der Waals surface area contributed by atoms with E-state index in [1.165, 1.54) is 12.3 Å². The van der Waals surface area contributed by atoms with Gasteiger partial charge >= 0.3 is 6.61 Å². The Morgan fingerprint density at radius 1 is 1.36 bits per heavy atom. The summed E-state index contributed by atoms with van der Waals surface area (Å²) in [7, 11) is 0. The first-order chi connectivity index (χ1) is 12.1. The number of hydrogen-bond donors (Lipinski definition) is 3. The van der Waals surface area contributed by atoms with Crippen molar-refractivity contribution < 1.29 is 18.3 Å². The lowest BCUT2D eigenvalue weighted by atomic mass is 10.00. The molecule has 0 bridgehead atoms. The van der Waals surface area contributed by atoms with Gasteiger partial charge < -0.3 is 20.1 Å². The van der Waals surface area contributed by atoms with Gasteiger partial charge in [0, 0.05) is 12.1 Å². The van der Waals surface area contributed by atoms with E-state index >= 15 is 0 Å². The Morgan fingerprint density at radius 3 is 3.04 bits per heavy atom. The fourth-order valence-corrected chi connectivity index (χ4v) is 2.68. The molecule has 136 valence electrons. The van der Waals surface area contributed by atoms with Crippen LogP contribution in [0.15, 0.2) is 18.5 Å². The van der Waals surface area contributed by atoms with Crippen molar-refractivity contribution in [3.8, 4) is 11.8 Å². The van der Waals surface area contributed by atoms with Crippen molar-refractivity contribution >= 4 is 11.6 Å². The van der Waals surface area contributed by atoms with Gasteiger partial charge in [-0.3, -0.25) is 4.98 Å². The van der Waals surface area contributed by atoms with Gasteiger partial charge in [-0.2, -0.15) is 18.9 Å². The average molecular weight is 354 g/mol. The molecule has 2 atom stereocenters. The molecule has 3 rings (SSSR count). The van der Waals surface area contributed by atoms with E-state index in [2.05, 4.69) is 42.5 Å². The lowest BCUT2D eigenvalue weighted by molar-refractivity contribution is -0.0528. The van der Waals surface area contributed by atoms with Gasteiger partial charge in [-0.1, -0.05) is 6.92 Å². The van der Waals surface area contributed by atoms with Crippen LogP contribution in [0.3, 0.4) is 0 Å². The Hall–Kier alpha value is -2.49. The lowest BCUT2D eigenvalue weighted by Crippen LogP contribution is -2.42. The molecule has 0 amide bonds. The second-order valence-corrected chi connectivity index (χ2v) is 5.69. The second-order valence-electron chi connectivity index (χ2n) is 5.69. The van der Waals surface area contributed by atoms with Crippen LogP contribution in [-0.2, 0) is 0 Å². The molecule has 0 saturated carbocycles. The maximum atomic E-state index is 12.2. The number of ether oxygens (including phenoxy) is 2. The minimum atomic E-state index is -2.92. The highest BCUT2D eigenvalue weighted by molar-refractivity contribution is 5.51. The fourth-order valence-electron chi connectivity index (χ4n) is 2.68. The fraction of sp³-hybridized carbons (Fsp3) is 0.533. The maximum Gasteiger partial charge on any atom is 0.388 e. The Balaban J connectivity index is 1.60. The highest BCUT2D eigenvalue weighted by atomic mass is 19.3. The molecule has 8 nitrogen and oxygen atoms in total. The van der Waals surface area contributed by atoms with Crippen molar-refractivity contribution in [2.75, 3.05) is 11.9 Å². The number of aromatic amines is 1. The largest absolute Gasteiger partial charge is 0.473 e. The van der Waals surface area contributed by atoms with Gasteiger partial charge in [0.2, 0.25) is 11.8 Å². The standard InChI is InChI=1S/C15H20F2N6O2/c1-2-9-5-10(3-4-19-9)24-14-8-18-7-12(21-14)20-11-6-13(23-22-11)25-15(16)17/h6-10,15,19H,2-5H2,1H3,(H2,20,21,22,23)/t9-,10+/m0/s1. The summed E-state index contributed by atoms with van der Waals surface area (Å²) < 4.78 is 34.4. The van der Waals surface area contributed by atoms with Gasteiger partial charge in [-0.25, -0.2) is 5.10 Å². The quantitative estimate of drug-likeness (QED) is 0.703. The van der Waals surface area contributed by atoms with Crippen molar-refractivity contribution in [3.63, 3.8) is 0 Å². The van der Waals surface area contributed by atoms with Crippen molar-refractivity contribution in [1.29, 1.82) is 0 Å². The number of aromatic nitrogens is 4. The first kappa shape index (κ1) is 17.3. The molecule has 3 heterocycles. The molecule has 25 heavy (non-hydrogen) atoms. The van der Waals surface area contributed by atoms with Gasteiger partial charge in [0.1, 0.15) is 6.10 Å². The van der Waals surface area contributed by atoms with Crippen LogP contribution in [0.4, 0.5) is 20.4 Å². The van der Waals surface area contributed by atoms with Crippen LogP contribution >= 0.6 is 0 Å². The molecule has 1 fully saturated rings. The van der Waals surface area contributed by atoms with Gasteiger partial charge in [0.25, 0.3) is 0 Å². The molecular formula is C15H20F2N6O2. The molecule has 0 aromatic carbocycles. The number of nitrogens with one attached hydrogen (secondary N) is 3. The molecule has 1 aliphatic rings. The molecule has 0 aliphatic carbocycles. The van der Waals surface area contributed by atoms with Crippen LogP contribution in [0.5, 0.6) is 11.8 Å². The summed E-state index contributed by atoms with van der Waals surface area (Å²) in [4.78, 5) is 8.41. The third-order valence-electron chi connectivity index (χ3n) is 3.87. The number of nitrogens with zero attached hydrogens (tertiary/aromatic N) is 3. The van der Waals surface area contributed by atoms with Crippen LogP contribution in [0.25, 0.3) is 0 Å². The van der Waals surface area contributed by atoms with Gasteiger partial charge in [0.15, 0.2) is 11.6 Å². The van der Waals surface area contributed by atoms with Gasteiger partial charge in [-0.15, -0.1) is 0 Å². The number of alkyl halides is 2. The molecule has 0 unspecified atom stereocenters. The highest BCUT2D eigenvalue weighted by Crippen LogP contribution is 2.21. The molecule has 0 radical (unpaired) electrons. The van der Waals surface area contributed by atoms with E-state index < -0.39 is 6.61 Å².